The van der Waals surface area contributed by atoms with Gasteiger partial charge in [-0.1, -0.05) is 36.4 Å². The number of rotatable bonds is 5. The number of nitrogens with zero attached hydrogens (tertiary/aromatic N) is 1. The van der Waals surface area contributed by atoms with Crippen molar-refractivity contribution in [1.82, 2.24) is 4.98 Å². The van der Waals surface area contributed by atoms with Gasteiger partial charge in [0.1, 0.15) is 5.01 Å². The van der Waals surface area contributed by atoms with Crippen LogP contribution in [0.15, 0.2) is 77.7 Å². The molecule has 32 heavy (non-hydrogen) atoms. The molecule has 1 amide bonds. The standard InChI is InChI=1S/C24H20N2O3S3/c27-23(19-8-1-3-10-21(19)30-18-12-13-32(28,29)15-18)25-17-7-5-6-16(14-17)24-26-20-9-2-4-11-22(20)31-24/h1-11,14,18H,12-13,15H2,(H,25,27)/t18-/m1/s1. The number of aromatic nitrogens is 1. The Morgan fingerprint density at radius 2 is 1.84 bits per heavy atom. The molecular weight excluding hydrogens is 460 g/mol. The molecule has 0 saturated carbocycles. The van der Waals surface area contributed by atoms with Crippen LogP contribution < -0.4 is 5.32 Å². The molecule has 8 heteroatoms. The fourth-order valence-electron chi connectivity index (χ4n) is 3.71. The monoisotopic (exact) mass is 480 g/mol. The molecule has 3 aromatic carbocycles. The summed E-state index contributed by atoms with van der Waals surface area (Å²) in [5.74, 6) is 0.172. The van der Waals surface area contributed by atoms with E-state index >= 15 is 0 Å². The Morgan fingerprint density at radius 3 is 2.66 bits per heavy atom. The summed E-state index contributed by atoms with van der Waals surface area (Å²) >= 11 is 3.09. The Balaban J connectivity index is 1.36. The summed E-state index contributed by atoms with van der Waals surface area (Å²) in [7, 11) is -2.96. The van der Waals surface area contributed by atoms with E-state index in [9.17, 15) is 13.2 Å². The number of thiazole rings is 1. The van der Waals surface area contributed by atoms with Gasteiger partial charge in [0.15, 0.2) is 9.84 Å². The molecule has 4 aromatic rings. The van der Waals surface area contributed by atoms with Gasteiger partial charge in [0, 0.05) is 21.4 Å². The molecule has 1 aromatic heterocycles. The van der Waals surface area contributed by atoms with Gasteiger partial charge in [-0.3, -0.25) is 4.79 Å². The minimum atomic E-state index is -2.96. The van der Waals surface area contributed by atoms with Crippen molar-refractivity contribution in [3.05, 3.63) is 78.4 Å². The fraction of sp³-hybridized carbons (Fsp3) is 0.167. The second-order valence-electron chi connectivity index (χ2n) is 7.66. The van der Waals surface area contributed by atoms with Crippen molar-refractivity contribution in [2.75, 3.05) is 16.8 Å². The number of thioether (sulfide) groups is 1. The predicted octanol–water partition coefficient (Wildman–Crippen LogP) is 5.49. The van der Waals surface area contributed by atoms with Crippen LogP contribution in [-0.2, 0) is 9.84 Å². The minimum Gasteiger partial charge on any atom is -0.322 e. The summed E-state index contributed by atoms with van der Waals surface area (Å²) in [4.78, 5) is 18.6. The highest BCUT2D eigenvalue weighted by Gasteiger charge is 2.29. The van der Waals surface area contributed by atoms with Crippen LogP contribution in [-0.4, -0.2) is 36.1 Å². The molecule has 1 aliphatic heterocycles. The van der Waals surface area contributed by atoms with Crippen LogP contribution in [0.1, 0.15) is 16.8 Å². The van der Waals surface area contributed by atoms with Gasteiger partial charge in [0.25, 0.3) is 5.91 Å². The fourth-order valence-corrected chi connectivity index (χ4v) is 8.30. The molecule has 0 spiro atoms. The summed E-state index contributed by atoms with van der Waals surface area (Å²) in [6.45, 7) is 0. The Hall–Kier alpha value is -2.68. The maximum atomic E-state index is 13.1. The highest BCUT2D eigenvalue weighted by Crippen LogP contribution is 2.34. The molecule has 1 fully saturated rings. The van der Waals surface area contributed by atoms with Crippen LogP contribution in [0.25, 0.3) is 20.8 Å². The number of hydrogen-bond acceptors (Lipinski definition) is 6. The van der Waals surface area contributed by atoms with Gasteiger partial charge in [-0.05, 0) is 42.8 Å². The maximum absolute atomic E-state index is 13.1. The number of hydrogen-bond donors (Lipinski definition) is 1. The molecular formula is C24H20N2O3S3. The summed E-state index contributed by atoms with van der Waals surface area (Å²) < 4.78 is 24.7. The lowest BCUT2D eigenvalue weighted by molar-refractivity contribution is 0.102. The van der Waals surface area contributed by atoms with Crippen LogP contribution in [0.5, 0.6) is 0 Å². The number of carbonyl (C=O) groups excluding carboxylic acids is 1. The summed E-state index contributed by atoms with van der Waals surface area (Å²) in [5, 5.41) is 3.88. The van der Waals surface area contributed by atoms with Crippen molar-refractivity contribution in [1.29, 1.82) is 0 Å². The Kier molecular flexibility index (Phi) is 5.75. The van der Waals surface area contributed by atoms with Crippen molar-refractivity contribution in [2.45, 2.75) is 16.6 Å². The summed E-state index contributed by atoms with van der Waals surface area (Å²) in [6.07, 6.45) is 0.618. The van der Waals surface area contributed by atoms with Crippen LogP contribution >= 0.6 is 23.1 Å². The first-order valence-electron chi connectivity index (χ1n) is 10.2. The normalized spacial score (nSPS) is 17.4. The van der Waals surface area contributed by atoms with Crippen molar-refractivity contribution < 1.29 is 13.2 Å². The van der Waals surface area contributed by atoms with Gasteiger partial charge < -0.3 is 5.32 Å². The van der Waals surface area contributed by atoms with Gasteiger partial charge in [-0.2, -0.15) is 0 Å². The number of anilines is 1. The first-order chi connectivity index (χ1) is 15.5. The topological polar surface area (TPSA) is 76.1 Å². The number of amides is 1. The van der Waals surface area contributed by atoms with E-state index in [2.05, 4.69) is 5.32 Å². The number of benzene rings is 3. The molecule has 1 saturated heterocycles. The largest absolute Gasteiger partial charge is 0.322 e. The van der Waals surface area contributed by atoms with Crippen molar-refractivity contribution in [3.63, 3.8) is 0 Å². The zero-order chi connectivity index (χ0) is 22.1. The molecule has 1 atom stereocenters. The van der Waals surface area contributed by atoms with E-state index in [0.29, 0.717) is 17.7 Å². The molecule has 0 radical (unpaired) electrons. The van der Waals surface area contributed by atoms with E-state index in [1.54, 1.807) is 17.4 Å². The average molecular weight is 481 g/mol. The molecule has 0 aliphatic carbocycles. The molecule has 162 valence electrons. The van der Waals surface area contributed by atoms with Crippen LogP contribution in [0, 0.1) is 0 Å². The first kappa shape index (κ1) is 21.2. The van der Waals surface area contributed by atoms with E-state index in [0.717, 1.165) is 25.7 Å². The molecule has 1 N–H and O–H groups in total. The number of fused-ring (bicyclic) bond motifs is 1. The van der Waals surface area contributed by atoms with Crippen LogP contribution in [0.4, 0.5) is 5.69 Å². The molecule has 0 unspecified atom stereocenters. The third-order valence-electron chi connectivity index (χ3n) is 5.28. The molecule has 5 nitrogen and oxygen atoms in total. The third kappa shape index (κ3) is 4.57. The predicted molar refractivity (Wildman–Crippen MR) is 132 cm³/mol. The highest BCUT2D eigenvalue weighted by atomic mass is 32.2. The SMILES string of the molecule is O=C(Nc1cccc(-c2nc3ccccc3s2)c1)c1ccccc1S[C@@H]1CCS(=O)(=O)C1. The Morgan fingerprint density at radius 1 is 1.03 bits per heavy atom. The second-order valence-corrected chi connectivity index (χ2v) is 12.3. The number of sulfone groups is 1. The lowest BCUT2D eigenvalue weighted by Gasteiger charge is -2.13. The Labute approximate surface area is 194 Å². The van der Waals surface area contributed by atoms with Crippen molar-refractivity contribution in [3.8, 4) is 10.6 Å². The second kappa shape index (κ2) is 8.69. The van der Waals surface area contributed by atoms with Crippen LogP contribution in [0.3, 0.4) is 0 Å². The molecule has 1 aliphatic rings. The average Bonchev–Trinajstić information content (AvgIpc) is 3.37. The number of para-hydroxylation sites is 1. The van der Waals surface area contributed by atoms with Gasteiger partial charge in [0.05, 0.1) is 27.3 Å². The van der Waals surface area contributed by atoms with Crippen molar-refractivity contribution in [2.24, 2.45) is 0 Å². The summed E-state index contributed by atoms with van der Waals surface area (Å²) in [5.41, 5.74) is 3.15. The van der Waals surface area contributed by atoms with Gasteiger partial charge >= 0.3 is 0 Å². The maximum Gasteiger partial charge on any atom is 0.256 e. The minimum absolute atomic E-state index is 0.0173. The third-order valence-corrected chi connectivity index (χ3v) is 9.69. The number of carbonyl (C=O) groups is 1. The van der Waals surface area contributed by atoms with E-state index < -0.39 is 9.84 Å². The lowest BCUT2D eigenvalue weighted by Crippen LogP contribution is -2.14. The molecule has 0 bridgehead atoms. The number of nitrogens with one attached hydrogen (secondary N) is 1. The van der Waals surface area contributed by atoms with Crippen LogP contribution in [0.2, 0.25) is 0 Å². The van der Waals surface area contributed by atoms with E-state index in [-0.39, 0.29) is 22.7 Å². The van der Waals surface area contributed by atoms with Gasteiger partial charge in [0.2, 0.25) is 0 Å². The van der Waals surface area contributed by atoms with E-state index in [1.165, 1.54) is 11.8 Å². The van der Waals surface area contributed by atoms with E-state index in [4.69, 9.17) is 4.98 Å². The van der Waals surface area contributed by atoms with Gasteiger partial charge in [-0.15, -0.1) is 23.1 Å². The smallest absolute Gasteiger partial charge is 0.256 e. The zero-order valence-corrected chi connectivity index (χ0v) is 19.5. The quantitative estimate of drug-likeness (QED) is 0.408. The van der Waals surface area contributed by atoms with Gasteiger partial charge in [-0.25, -0.2) is 13.4 Å². The van der Waals surface area contributed by atoms with Crippen molar-refractivity contribution >= 4 is 54.7 Å². The van der Waals surface area contributed by atoms with E-state index in [1.807, 2.05) is 66.7 Å². The molecule has 2 heterocycles. The first-order valence-corrected chi connectivity index (χ1v) is 13.7. The Bertz CT molecular complexity index is 1380. The summed E-state index contributed by atoms with van der Waals surface area (Å²) in [6, 6.07) is 23.0. The zero-order valence-electron chi connectivity index (χ0n) is 17.0. The molecule has 5 rings (SSSR count). The highest BCUT2D eigenvalue weighted by molar-refractivity contribution is 8.02. The lowest BCUT2D eigenvalue weighted by atomic mass is 10.1.